The van der Waals surface area contributed by atoms with Crippen molar-refractivity contribution in [2.45, 2.75) is 20.3 Å². The Kier molecular flexibility index (Phi) is 4.43. The van der Waals surface area contributed by atoms with Crippen molar-refractivity contribution in [1.29, 1.82) is 0 Å². The highest BCUT2D eigenvalue weighted by molar-refractivity contribution is 5.58. The number of nitrogens with two attached hydrogens (primary N) is 1. The molecule has 0 aliphatic heterocycles. The number of hydrogen-bond donors (Lipinski definition) is 3. The Morgan fingerprint density at radius 1 is 1.47 bits per heavy atom. The van der Waals surface area contributed by atoms with Gasteiger partial charge in [0.2, 0.25) is 0 Å². The summed E-state index contributed by atoms with van der Waals surface area (Å²) in [7, 11) is 0. The molecule has 1 atom stereocenters. The third-order valence-corrected chi connectivity index (χ3v) is 2.56. The monoisotopic (exact) mass is 208 g/mol. The van der Waals surface area contributed by atoms with Gasteiger partial charge in [-0.2, -0.15) is 0 Å². The lowest BCUT2D eigenvalue weighted by Gasteiger charge is -2.13. The highest BCUT2D eigenvalue weighted by Gasteiger charge is 2.01. The normalized spacial score (nSPS) is 12.5. The first-order valence-corrected chi connectivity index (χ1v) is 5.34. The molecular weight excluding hydrogens is 188 g/mol. The van der Waals surface area contributed by atoms with Crippen LogP contribution in [0.3, 0.4) is 0 Å². The Hall–Kier alpha value is -1.22. The van der Waals surface area contributed by atoms with Gasteiger partial charge in [-0.1, -0.05) is 13.0 Å². The Morgan fingerprint density at radius 3 is 2.80 bits per heavy atom. The van der Waals surface area contributed by atoms with E-state index in [0.29, 0.717) is 5.92 Å². The van der Waals surface area contributed by atoms with E-state index < -0.39 is 0 Å². The second kappa shape index (κ2) is 5.61. The topological polar surface area (TPSA) is 58.3 Å². The van der Waals surface area contributed by atoms with Crippen molar-refractivity contribution in [3.63, 3.8) is 0 Å². The highest BCUT2D eigenvalue weighted by atomic mass is 16.3. The van der Waals surface area contributed by atoms with Crippen molar-refractivity contribution in [2.75, 3.05) is 24.2 Å². The van der Waals surface area contributed by atoms with Crippen molar-refractivity contribution in [3.8, 4) is 0 Å². The molecule has 0 fully saturated rings. The largest absolute Gasteiger partial charge is 0.398 e. The number of rotatable bonds is 5. The van der Waals surface area contributed by atoms with Crippen molar-refractivity contribution in [3.05, 3.63) is 23.8 Å². The molecule has 1 aromatic carbocycles. The second-order valence-electron chi connectivity index (χ2n) is 4.07. The third-order valence-electron chi connectivity index (χ3n) is 2.56. The Bertz CT molecular complexity index is 312. The Labute approximate surface area is 91.3 Å². The molecule has 1 aromatic rings. The fourth-order valence-corrected chi connectivity index (χ4v) is 1.36. The van der Waals surface area contributed by atoms with Gasteiger partial charge in [0.1, 0.15) is 0 Å². The maximum absolute atomic E-state index is 8.77. The van der Waals surface area contributed by atoms with Crippen LogP contribution in [0.4, 0.5) is 11.4 Å². The van der Waals surface area contributed by atoms with E-state index in [4.69, 9.17) is 10.8 Å². The predicted molar refractivity (Wildman–Crippen MR) is 64.9 cm³/mol. The quantitative estimate of drug-likeness (QED) is 0.649. The summed E-state index contributed by atoms with van der Waals surface area (Å²) in [6.07, 6.45) is 0.828. The zero-order valence-corrected chi connectivity index (χ0v) is 9.46. The maximum Gasteiger partial charge on any atom is 0.0434 e. The van der Waals surface area contributed by atoms with E-state index in [9.17, 15) is 0 Å². The van der Waals surface area contributed by atoms with Gasteiger partial charge in [-0.05, 0) is 37.0 Å². The number of benzene rings is 1. The molecule has 0 spiro atoms. The summed E-state index contributed by atoms with van der Waals surface area (Å²) in [4.78, 5) is 0. The maximum atomic E-state index is 8.77. The SMILES string of the molecule is Cc1ccc(NCC(C)CCO)cc1N. The predicted octanol–water partition coefficient (Wildman–Crippen LogP) is 2.01. The van der Waals surface area contributed by atoms with Gasteiger partial charge in [0.25, 0.3) is 0 Å². The number of aliphatic hydroxyl groups excluding tert-OH is 1. The average molecular weight is 208 g/mol. The molecule has 0 saturated carbocycles. The minimum absolute atomic E-state index is 0.249. The summed E-state index contributed by atoms with van der Waals surface area (Å²) in [6.45, 7) is 5.22. The van der Waals surface area contributed by atoms with Gasteiger partial charge in [0.15, 0.2) is 0 Å². The zero-order chi connectivity index (χ0) is 11.3. The summed E-state index contributed by atoms with van der Waals surface area (Å²) in [5.41, 5.74) is 8.77. The number of aryl methyl sites for hydroxylation is 1. The number of hydrogen-bond acceptors (Lipinski definition) is 3. The van der Waals surface area contributed by atoms with Gasteiger partial charge in [0.05, 0.1) is 0 Å². The van der Waals surface area contributed by atoms with Crippen LogP contribution in [0.2, 0.25) is 0 Å². The van der Waals surface area contributed by atoms with E-state index in [0.717, 1.165) is 29.9 Å². The van der Waals surface area contributed by atoms with Gasteiger partial charge in [-0.3, -0.25) is 0 Å². The smallest absolute Gasteiger partial charge is 0.0434 e. The molecule has 0 bridgehead atoms. The molecule has 4 N–H and O–H groups in total. The van der Waals surface area contributed by atoms with Crippen molar-refractivity contribution in [2.24, 2.45) is 5.92 Å². The van der Waals surface area contributed by atoms with Gasteiger partial charge in [-0.15, -0.1) is 0 Å². The van der Waals surface area contributed by atoms with Crippen LogP contribution in [-0.2, 0) is 0 Å². The number of nitrogen functional groups attached to an aromatic ring is 1. The summed E-state index contributed by atoms with van der Waals surface area (Å²) in [5.74, 6) is 0.470. The minimum Gasteiger partial charge on any atom is -0.398 e. The molecule has 15 heavy (non-hydrogen) atoms. The fraction of sp³-hybridized carbons (Fsp3) is 0.500. The first kappa shape index (κ1) is 11.9. The number of nitrogens with one attached hydrogen (secondary N) is 1. The van der Waals surface area contributed by atoms with Crippen LogP contribution in [0, 0.1) is 12.8 Å². The van der Waals surface area contributed by atoms with E-state index in [1.807, 2.05) is 25.1 Å². The molecule has 3 nitrogen and oxygen atoms in total. The summed E-state index contributed by atoms with van der Waals surface area (Å²) >= 11 is 0. The van der Waals surface area contributed by atoms with Crippen LogP contribution in [-0.4, -0.2) is 18.3 Å². The number of aliphatic hydroxyl groups is 1. The highest BCUT2D eigenvalue weighted by Crippen LogP contribution is 2.17. The lowest BCUT2D eigenvalue weighted by molar-refractivity contribution is 0.266. The molecule has 0 radical (unpaired) electrons. The molecule has 0 amide bonds. The zero-order valence-electron chi connectivity index (χ0n) is 9.46. The summed E-state index contributed by atoms with van der Waals surface area (Å²) in [5, 5.41) is 12.1. The summed E-state index contributed by atoms with van der Waals surface area (Å²) < 4.78 is 0. The van der Waals surface area contributed by atoms with Crippen LogP contribution >= 0.6 is 0 Å². The molecule has 0 heterocycles. The van der Waals surface area contributed by atoms with E-state index in [2.05, 4.69) is 12.2 Å². The molecule has 0 saturated heterocycles. The fourth-order valence-electron chi connectivity index (χ4n) is 1.36. The van der Waals surface area contributed by atoms with E-state index in [1.54, 1.807) is 0 Å². The Balaban J connectivity index is 2.47. The van der Waals surface area contributed by atoms with Crippen LogP contribution in [0.1, 0.15) is 18.9 Å². The molecule has 0 aliphatic rings. The second-order valence-corrected chi connectivity index (χ2v) is 4.07. The molecule has 0 aromatic heterocycles. The van der Waals surface area contributed by atoms with Crippen LogP contribution in [0.25, 0.3) is 0 Å². The number of anilines is 2. The molecular formula is C12H20N2O. The molecule has 3 heteroatoms. The first-order chi connectivity index (χ1) is 7.13. The van der Waals surface area contributed by atoms with E-state index in [-0.39, 0.29) is 6.61 Å². The van der Waals surface area contributed by atoms with E-state index >= 15 is 0 Å². The molecule has 0 aliphatic carbocycles. The standard InChI is InChI=1S/C12H20N2O/c1-9(5-6-15)8-14-11-4-3-10(2)12(13)7-11/h3-4,7,9,14-15H,5-6,8,13H2,1-2H3. The van der Waals surface area contributed by atoms with Crippen LogP contribution in [0.5, 0.6) is 0 Å². The van der Waals surface area contributed by atoms with Crippen molar-refractivity contribution < 1.29 is 5.11 Å². The van der Waals surface area contributed by atoms with Gasteiger partial charge in [0, 0.05) is 24.5 Å². The minimum atomic E-state index is 0.249. The van der Waals surface area contributed by atoms with Crippen molar-refractivity contribution >= 4 is 11.4 Å². The van der Waals surface area contributed by atoms with Gasteiger partial charge in [-0.25, -0.2) is 0 Å². The van der Waals surface area contributed by atoms with Crippen molar-refractivity contribution in [1.82, 2.24) is 0 Å². The van der Waals surface area contributed by atoms with E-state index in [1.165, 1.54) is 0 Å². The third kappa shape index (κ3) is 3.80. The lowest BCUT2D eigenvalue weighted by atomic mass is 10.1. The van der Waals surface area contributed by atoms with Crippen LogP contribution < -0.4 is 11.1 Å². The van der Waals surface area contributed by atoms with Crippen LogP contribution in [0.15, 0.2) is 18.2 Å². The summed E-state index contributed by atoms with van der Waals surface area (Å²) in [6, 6.07) is 5.98. The van der Waals surface area contributed by atoms with Gasteiger partial charge < -0.3 is 16.2 Å². The molecule has 84 valence electrons. The lowest BCUT2D eigenvalue weighted by Crippen LogP contribution is -2.12. The average Bonchev–Trinajstić information content (AvgIpc) is 2.20. The van der Waals surface area contributed by atoms with Gasteiger partial charge >= 0.3 is 0 Å². The molecule has 1 rings (SSSR count). The first-order valence-electron chi connectivity index (χ1n) is 5.34. The Morgan fingerprint density at radius 2 is 2.20 bits per heavy atom. The molecule has 1 unspecified atom stereocenters.